The largest absolute Gasteiger partial charge is 0.482 e. The van der Waals surface area contributed by atoms with Gasteiger partial charge in [-0.1, -0.05) is 23.2 Å². The summed E-state index contributed by atoms with van der Waals surface area (Å²) in [5, 5.41) is 0.870. The summed E-state index contributed by atoms with van der Waals surface area (Å²) < 4.78 is 16.6. The van der Waals surface area contributed by atoms with Crippen LogP contribution in [0.5, 0.6) is 5.75 Å². The van der Waals surface area contributed by atoms with E-state index >= 15 is 0 Å². The predicted octanol–water partition coefficient (Wildman–Crippen LogP) is 4.64. The van der Waals surface area contributed by atoms with E-state index in [9.17, 15) is 9.59 Å². The van der Waals surface area contributed by atoms with Crippen LogP contribution in [-0.4, -0.2) is 58.1 Å². The van der Waals surface area contributed by atoms with Gasteiger partial charge in [0.2, 0.25) is 11.7 Å². The highest BCUT2D eigenvalue weighted by molar-refractivity contribution is 6.35. The zero-order valence-corrected chi connectivity index (χ0v) is 19.4. The Bertz CT molecular complexity index is 957. The number of ether oxygens (including phenoxy) is 2. The fraction of sp³-hybridized carbons (Fsp3) is 0.476. The molecule has 168 valence electrons. The number of hydrogen-bond acceptors (Lipinski definition) is 6. The molecule has 0 N–H and O–H groups in total. The van der Waals surface area contributed by atoms with Gasteiger partial charge in [0, 0.05) is 30.7 Å². The summed E-state index contributed by atoms with van der Waals surface area (Å²) in [4.78, 5) is 32.5. The summed E-state index contributed by atoms with van der Waals surface area (Å²) >= 11 is 11.9. The minimum Gasteiger partial charge on any atom is -0.482 e. The van der Waals surface area contributed by atoms with Crippen LogP contribution in [0.4, 0.5) is 4.79 Å². The van der Waals surface area contributed by atoms with Gasteiger partial charge in [-0.05, 0) is 45.9 Å². The average Bonchev–Trinajstić information content (AvgIpc) is 3.14. The highest BCUT2D eigenvalue weighted by Gasteiger charge is 2.33. The standard InChI is InChI=1S/C21H25Cl2N3O5/c1-13-11-25(7-8-26(13)20(28)31-21(2,3)4)19(27)17-10-24-18(30-17)12-29-16-6-5-14(22)9-15(16)23/h5-6,9-10,13H,7-8,11-12H2,1-4H3/t13-/m0/s1. The number of benzene rings is 1. The molecule has 3 rings (SSSR count). The lowest BCUT2D eigenvalue weighted by Gasteiger charge is -2.39. The predicted molar refractivity (Wildman–Crippen MR) is 116 cm³/mol. The third-order valence-corrected chi connectivity index (χ3v) is 5.08. The van der Waals surface area contributed by atoms with Crippen molar-refractivity contribution in [3.63, 3.8) is 0 Å². The molecule has 8 nitrogen and oxygen atoms in total. The van der Waals surface area contributed by atoms with Gasteiger partial charge in [-0.15, -0.1) is 0 Å². The summed E-state index contributed by atoms with van der Waals surface area (Å²) in [5.74, 6) is 0.497. The fourth-order valence-corrected chi connectivity index (χ4v) is 3.56. The molecule has 2 heterocycles. The lowest BCUT2D eigenvalue weighted by molar-refractivity contribution is 0.00152. The maximum Gasteiger partial charge on any atom is 0.410 e. The Balaban J connectivity index is 1.56. The topological polar surface area (TPSA) is 85.1 Å². The minimum absolute atomic E-state index is 0.0114. The van der Waals surface area contributed by atoms with Crippen LogP contribution in [0.2, 0.25) is 10.0 Å². The number of rotatable bonds is 4. The quantitative estimate of drug-likeness (QED) is 0.647. The van der Waals surface area contributed by atoms with Gasteiger partial charge in [-0.25, -0.2) is 9.78 Å². The van der Waals surface area contributed by atoms with Gasteiger partial charge in [-0.2, -0.15) is 0 Å². The number of hydrogen-bond donors (Lipinski definition) is 0. The average molecular weight is 470 g/mol. The molecule has 0 unspecified atom stereocenters. The molecule has 1 saturated heterocycles. The Hall–Kier alpha value is -2.45. The van der Waals surface area contributed by atoms with E-state index in [1.165, 1.54) is 6.20 Å². The Morgan fingerprint density at radius 3 is 2.65 bits per heavy atom. The molecule has 1 aromatic heterocycles. The second kappa shape index (κ2) is 9.36. The number of aromatic nitrogens is 1. The molecule has 0 bridgehead atoms. The Labute approximate surface area is 191 Å². The second-order valence-corrected chi connectivity index (χ2v) is 9.10. The van der Waals surface area contributed by atoms with E-state index in [0.717, 1.165) is 0 Å². The molecular weight excluding hydrogens is 445 g/mol. The molecule has 2 aromatic rings. The third-order valence-electron chi connectivity index (χ3n) is 4.55. The van der Waals surface area contributed by atoms with E-state index in [1.54, 1.807) is 28.0 Å². The molecule has 0 radical (unpaired) electrons. The molecule has 1 aliphatic heterocycles. The molecule has 1 aliphatic rings. The van der Waals surface area contributed by atoms with Crippen molar-refractivity contribution in [2.45, 2.75) is 45.9 Å². The van der Waals surface area contributed by atoms with Gasteiger partial charge >= 0.3 is 6.09 Å². The van der Waals surface area contributed by atoms with Crippen LogP contribution in [0.25, 0.3) is 0 Å². The number of halogens is 2. The van der Waals surface area contributed by atoms with Crippen molar-refractivity contribution in [2.75, 3.05) is 19.6 Å². The van der Waals surface area contributed by atoms with Crippen molar-refractivity contribution in [3.05, 3.63) is 46.1 Å². The lowest BCUT2D eigenvalue weighted by atomic mass is 10.2. The molecule has 10 heteroatoms. The van der Waals surface area contributed by atoms with Crippen LogP contribution < -0.4 is 4.74 Å². The van der Waals surface area contributed by atoms with E-state index in [2.05, 4.69) is 4.98 Å². The first-order valence-corrected chi connectivity index (χ1v) is 10.6. The zero-order valence-electron chi connectivity index (χ0n) is 17.9. The fourth-order valence-electron chi connectivity index (χ4n) is 3.10. The van der Waals surface area contributed by atoms with Gasteiger partial charge in [0.25, 0.3) is 5.91 Å². The Morgan fingerprint density at radius 1 is 1.26 bits per heavy atom. The number of carbonyl (C=O) groups is 2. The summed E-state index contributed by atoms with van der Waals surface area (Å²) in [7, 11) is 0. The van der Waals surface area contributed by atoms with Crippen molar-refractivity contribution in [3.8, 4) is 5.75 Å². The van der Waals surface area contributed by atoms with Gasteiger partial charge < -0.3 is 23.7 Å². The van der Waals surface area contributed by atoms with Crippen molar-refractivity contribution in [1.29, 1.82) is 0 Å². The van der Waals surface area contributed by atoms with Gasteiger partial charge in [0.15, 0.2) is 6.61 Å². The Morgan fingerprint density at radius 2 is 2.00 bits per heavy atom. The molecule has 0 aliphatic carbocycles. The van der Waals surface area contributed by atoms with E-state index in [0.29, 0.717) is 35.4 Å². The highest BCUT2D eigenvalue weighted by atomic mass is 35.5. The lowest BCUT2D eigenvalue weighted by Crippen LogP contribution is -2.56. The molecule has 1 atom stereocenters. The van der Waals surface area contributed by atoms with Crippen molar-refractivity contribution >= 4 is 35.2 Å². The first-order valence-electron chi connectivity index (χ1n) is 9.85. The normalized spacial score (nSPS) is 16.9. The van der Waals surface area contributed by atoms with Gasteiger partial charge in [0.1, 0.15) is 11.4 Å². The number of nitrogens with zero attached hydrogens (tertiary/aromatic N) is 3. The van der Waals surface area contributed by atoms with Gasteiger partial charge in [0.05, 0.1) is 11.2 Å². The van der Waals surface area contributed by atoms with Crippen LogP contribution in [-0.2, 0) is 11.3 Å². The zero-order chi connectivity index (χ0) is 22.8. The molecule has 31 heavy (non-hydrogen) atoms. The van der Waals surface area contributed by atoms with Crippen molar-refractivity contribution in [2.24, 2.45) is 0 Å². The molecule has 2 amide bonds. The first kappa shape index (κ1) is 23.2. The summed E-state index contributed by atoms with van der Waals surface area (Å²) in [6.45, 7) is 8.46. The molecule has 0 saturated carbocycles. The van der Waals surface area contributed by atoms with Crippen molar-refractivity contribution in [1.82, 2.24) is 14.8 Å². The summed E-state index contributed by atoms with van der Waals surface area (Å²) in [6, 6.07) is 4.68. The highest BCUT2D eigenvalue weighted by Crippen LogP contribution is 2.28. The van der Waals surface area contributed by atoms with E-state index in [1.807, 2.05) is 27.7 Å². The summed E-state index contributed by atoms with van der Waals surface area (Å²) in [6.07, 6.45) is 0.988. The molecular formula is C21H25Cl2N3O5. The number of amides is 2. The summed E-state index contributed by atoms with van der Waals surface area (Å²) in [5.41, 5.74) is -0.571. The van der Waals surface area contributed by atoms with Crippen LogP contribution in [0, 0.1) is 0 Å². The maximum absolute atomic E-state index is 12.8. The van der Waals surface area contributed by atoms with Crippen LogP contribution >= 0.6 is 23.2 Å². The van der Waals surface area contributed by atoms with E-state index in [-0.39, 0.29) is 36.3 Å². The second-order valence-electron chi connectivity index (χ2n) is 8.26. The smallest absolute Gasteiger partial charge is 0.410 e. The maximum atomic E-state index is 12.8. The first-order chi connectivity index (χ1) is 14.5. The van der Waals surface area contributed by atoms with Crippen LogP contribution in [0.3, 0.4) is 0 Å². The minimum atomic E-state index is -0.571. The van der Waals surface area contributed by atoms with E-state index in [4.69, 9.17) is 37.1 Å². The molecule has 1 aromatic carbocycles. The van der Waals surface area contributed by atoms with Gasteiger partial charge in [-0.3, -0.25) is 4.79 Å². The number of piperazine rings is 1. The van der Waals surface area contributed by atoms with E-state index < -0.39 is 5.60 Å². The molecule has 1 fully saturated rings. The number of carbonyl (C=O) groups excluding carboxylic acids is 2. The third kappa shape index (κ3) is 6.04. The Kier molecular flexibility index (Phi) is 7.01. The van der Waals surface area contributed by atoms with Crippen LogP contribution in [0.15, 0.2) is 28.8 Å². The number of oxazole rings is 1. The SMILES string of the molecule is C[C@H]1CN(C(=O)c2cnc(COc3ccc(Cl)cc3Cl)o2)CCN1C(=O)OC(C)(C)C. The monoisotopic (exact) mass is 469 g/mol. The van der Waals surface area contributed by atoms with Crippen molar-refractivity contribution < 1.29 is 23.5 Å². The van der Waals surface area contributed by atoms with Crippen LogP contribution in [0.1, 0.15) is 44.1 Å². The molecule has 0 spiro atoms.